The summed E-state index contributed by atoms with van der Waals surface area (Å²) in [6.07, 6.45) is 0. The fourth-order valence-electron chi connectivity index (χ4n) is 3.89. The van der Waals surface area contributed by atoms with E-state index in [2.05, 4.69) is 0 Å². The van der Waals surface area contributed by atoms with Crippen molar-refractivity contribution in [2.75, 3.05) is 19.1 Å². The zero-order valence-electron chi connectivity index (χ0n) is 17.9. The van der Waals surface area contributed by atoms with Crippen LogP contribution in [0.25, 0.3) is 5.76 Å². The summed E-state index contributed by atoms with van der Waals surface area (Å²) in [5, 5.41) is 13.4. The molecule has 2 heterocycles. The van der Waals surface area contributed by atoms with Crippen LogP contribution in [-0.4, -0.2) is 31.0 Å². The van der Waals surface area contributed by atoms with Crippen LogP contribution in [-0.2, 0) is 9.59 Å². The van der Waals surface area contributed by atoms with Gasteiger partial charge in [-0.05, 0) is 42.1 Å². The molecular formula is C24H19Cl2NO5S. The first-order valence-electron chi connectivity index (χ1n) is 9.82. The lowest BCUT2D eigenvalue weighted by Gasteiger charge is -2.25. The Balaban J connectivity index is 2.02. The van der Waals surface area contributed by atoms with E-state index < -0.39 is 23.5 Å². The molecule has 0 aliphatic carbocycles. The Morgan fingerprint density at radius 2 is 1.73 bits per heavy atom. The van der Waals surface area contributed by atoms with E-state index >= 15 is 0 Å². The van der Waals surface area contributed by atoms with Gasteiger partial charge < -0.3 is 14.6 Å². The second-order valence-electron chi connectivity index (χ2n) is 7.26. The molecule has 1 N–H and O–H groups in total. The maximum Gasteiger partial charge on any atom is 0.300 e. The van der Waals surface area contributed by atoms with Gasteiger partial charge in [-0.3, -0.25) is 14.5 Å². The minimum absolute atomic E-state index is 0.0372. The summed E-state index contributed by atoms with van der Waals surface area (Å²) < 4.78 is 10.6. The number of aryl methyl sites for hydroxylation is 1. The van der Waals surface area contributed by atoms with E-state index in [0.717, 1.165) is 10.4 Å². The van der Waals surface area contributed by atoms with Crippen LogP contribution in [0.1, 0.15) is 22.0 Å². The van der Waals surface area contributed by atoms with Crippen LogP contribution >= 0.6 is 34.5 Å². The van der Waals surface area contributed by atoms with Crippen molar-refractivity contribution in [3.8, 4) is 11.5 Å². The maximum absolute atomic E-state index is 13.3. The Hall–Kier alpha value is -3.00. The van der Waals surface area contributed by atoms with Crippen LogP contribution < -0.4 is 14.4 Å². The summed E-state index contributed by atoms with van der Waals surface area (Å²) in [5.74, 6) is -1.76. The summed E-state index contributed by atoms with van der Waals surface area (Å²) in [4.78, 5) is 28.6. The number of hydrogen-bond donors (Lipinski definition) is 1. The smallest absolute Gasteiger partial charge is 0.300 e. The first kappa shape index (κ1) is 23.2. The van der Waals surface area contributed by atoms with Crippen molar-refractivity contribution in [2.24, 2.45) is 0 Å². The molecule has 0 radical (unpaired) electrons. The quantitative estimate of drug-likeness (QED) is 0.262. The summed E-state index contributed by atoms with van der Waals surface area (Å²) in [6, 6.07) is 11.3. The summed E-state index contributed by atoms with van der Waals surface area (Å²) >= 11 is 14.1. The van der Waals surface area contributed by atoms with Gasteiger partial charge in [0, 0.05) is 10.6 Å². The highest BCUT2D eigenvalue weighted by atomic mass is 35.5. The van der Waals surface area contributed by atoms with Crippen molar-refractivity contribution in [1.29, 1.82) is 0 Å². The third-order valence-corrected chi connectivity index (χ3v) is 7.12. The minimum atomic E-state index is -0.836. The number of carbonyl (C=O) groups is 2. The molecular weight excluding hydrogens is 485 g/mol. The predicted molar refractivity (Wildman–Crippen MR) is 130 cm³/mol. The number of methoxy groups -OCH3 is 2. The fourth-order valence-corrected chi connectivity index (χ4v) is 5.60. The number of ketones is 1. The molecule has 3 aromatic rings. The van der Waals surface area contributed by atoms with Gasteiger partial charge in [-0.2, -0.15) is 0 Å². The molecule has 9 heteroatoms. The van der Waals surface area contributed by atoms with E-state index in [1.54, 1.807) is 24.3 Å². The average molecular weight is 504 g/mol. The first-order chi connectivity index (χ1) is 15.8. The van der Waals surface area contributed by atoms with Crippen LogP contribution in [0.4, 0.5) is 5.69 Å². The lowest BCUT2D eigenvalue weighted by atomic mass is 9.97. The molecule has 0 bridgehead atoms. The Kier molecular flexibility index (Phi) is 6.38. The number of thiophene rings is 1. The number of ether oxygens (including phenoxy) is 2. The summed E-state index contributed by atoms with van der Waals surface area (Å²) in [6.45, 7) is 1.89. The van der Waals surface area contributed by atoms with Crippen LogP contribution in [0.2, 0.25) is 10.0 Å². The highest BCUT2D eigenvalue weighted by molar-refractivity contribution is 7.10. The van der Waals surface area contributed by atoms with Gasteiger partial charge in [-0.25, -0.2) is 0 Å². The molecule has 1 aliphatic heterocycles. The van der Waals surface area contributed by atoms with Gasteiger partial charge in [-0.15, -0.1) is 11.3 Å². The SMILES string of the molecule is COc1c(Cl)cc(/C(O)=C2\C(=O)C(=O)N(c3ccccc3)C2c2sccc2C)c(OC)c1Cl. The Labute approximate surface area is 204 Å². The second kappa shape index (κ2) is 9.09. The van der Waals surface area contributed by atoms with Gasteiger partial charge in [0.25, 0.3) is 11.7 Å². The molecule has 1 aliphatic rings. The van der Waals surface area contributed by atoms with Gasteiger partial charge in [-0.1, -0.05) is 41.4 Å². The van der Waals surface area contributed by atoms with Gasteiger partial charge >= 0.3 is 0 Å². The molecule has 6 nitrogen and oxygen atoms in total. The zero-order chi connectivity index (χ0) is 23.9. The second-order valence-corrected chi connectivity index (χ2v) is 8.99. The molecule has 1 atom stereocenters. The molecule has 0 spiro atoms. The van der Waals surface area contributed by atoms with Crippen LogP contribution in [0.15, 0.2) is 53.4 Å². The monoisotopic (exact) mass is 503 g/mol. The molecule has 1 fully saturated rings. The van der Waals surface area contributed by atoms with Gasteiger partial charge in [0.05, 0.1) is 30.4 Å². The number of hydrogen-bond acceptors (Lipinski definition) is 6. The topological polar surface area (TPSA) is 76.1 Å². The van der Waals surface area contributed by atoms with Crippen LogP contribution in [0.5, 0.6) is 11.5 Å². The minimum Gasteiger partial charge on any atom is -0.507 e. The van der Waals surface area contributed by atoms with Gasteiger partial charge in [0.2, 0.25) is 0 Å². The van der Waals surface area contributed by atoms with Crippen molar-refractivity contribution < 1.29 is 24.2 Å². The fraction of sp³-hybridized carbons (Fsp3) is 0.167. The van der Waals surface area contributed by atoms with Crippen molar-refractivity contribution >= 4 is 57.7 Å². The zero-order valence-corrected chi connectivity index (χ0v) is 20.2. The van der Waals surface area contributed by atoms with E-state index in [9.17, 15) is 14.7 Å². The number of aliphatic hydroxyl groups excluding tert-OH is 1. The van der Waals surface area contributed by atoms with Crippen molar-refractivity contribution in [3.63, 3.8) is 0 Å². The largest absolute Gasteiger partial charge is 0.507 e. The number of nitrogens with zero attached hydrogens (tertiary/aromatic N) is 1. The van der Waals surface area contributed by atoms with E-state index in [-0.39, 0.29) is 32.7 Å². The Morgan fingerprint density at radius 3 is 2.30 bits per heavy atom. The highest BCUT2D eigenvalue weighted by Crippen LogP contribution is 2.49. The standard InChI is InChI=1S/C24H19Cl2NO5S/c1-12-9-10-33-23(12)18-16(20(29)24(30)27(18)13-7-5-4-6-8-13)19(28)14-11-15(25)22(32-3)17(26)21(14)31-2/h4-11,18,28H,1-3H3/b19-16+. The van der Waals surface area contributed by atoms with Gasteiger partial charge in [0.15, 0.2) is 11.5 Å². The molecule has 1 amide bonds. The highest BCUT2D eigenvalue weighted by Gasteiger charge is 2.48. The molecule has 170 valence electrons. The van der Waals surface area contributed by atoms with E-state index in [1.807, 2.05) is 24.4 Å². The van der Waals surface area contributed by atoms with Crippen molar-refractivity contribution in [1.82, 2.24) is 0 Å². The van der Waals surface area contributed by atoms with E-state index in [0.29, 0.717) is 5.69 Å². The Bertz CT molecular complexity index is 1290. The number of para-hydroxylation sites is 1. The first-order valence-corrected chi connectivity index (χ1v) is 11.5. The normalized spacial score (nSPS) is 17.5. The molecule has 0 saturated carbocycles. The third kappa shape index (κ3) is 3.76. The van der Waals surface area contributed by atoms with Crippen LogP contribution in [0.3, 0.4) is 0 Å². The predicted octanol–water partition coefficient (Wildman–Crippen LogP) is 6.01. The number of rotatable bonds is 5. The number of halogens is 2. The number of aliphatic hydroxyl groups is 1. The average Bonchev–Trinajstić information content (AvgIpc) is 3.34. The Morgan fingerprint density at radius 1 is 1.06 bits per heavy atom. The molecule has 33 heavy (non-hydrogen) atoms. The number of carbonyl (C=O) groups excluding carboxylic acids is 2. The molecule has 2 aromatic carbocycles. The number of Topliss-reactive ketones (excluding diaryl/α,β-unsaturated/α-hetero) is 1. The van der Waals surface area contributed by atoms with Crippen LogP contribution in [0, 0.1) is 6.92 Å². The molecule has 4 rings (SSSR count). The number of amides is 1. The number of anilines is 1. The van der Waals surface area contributed by atoms with E-state index in [4.69, 9.17) is 32.7 Å². The summed E-state index contributed by atoms with van der Waals surface area (Å²) in [7, 11) is 2.77. The summed E-state index contributed by atoms with van der Waals surface area (Å²) in [5.41, 5.74) is 1.43. The molecule has 1 saturated heterocycles. The van der Waals surface area contributed by atoms with Crippen molar-refractivity contribution in [2.45, 2.75) is 13.0 Å². The molecule has 1 unspecified atom stereocenters. The maximum atomic E-state index is 13.3. The number of benzene rings is 2. The lowest BCUT2D eigenvalue weighted by Crippen LogP contribution is -2.29. The van der Waals surface area contributed by atoms with Gasteiger partial charge in [0.1, 0.15) is 16.8 Å². The molecule has 1 aromatic heterocycles. The third-order valence-electron chi connectivity index (χ3n) is 5.42. The lowest BCUT2D eigenvalue weighted by molar-refractivity contribution is -0.132. The van der Waals surface area contributed by atoms with E-state index in [1.165, 1.54) is 36.5 Å². The van der Waals surface area contributed by atoms with Crippen molar-refractivity contribution in [3.05, 3.63) is 79.5 Å².